The van der Waals surface area contributed by atoms with E-state index in [0.717, 1.165) is 11.1 Å². The van der Waals surface area contributed by atoms with Crippen LogP contribution in [0, 0.1) is 0 Å². The van der Waals surface area contributed by atoms with E-state index in [0.29, 0.717) is 0 Å². The van der Waals surface area contributed by atoms with Crippen LogP contribution >= 0.6 is 0 Å². The number of allylic oxidation sites excluding steroid dienone is 4. The molecule has 1 aromatic carbocycles. The lowest BCUT2D eigenvalue weighted by Crippen LogP contribution is -1.83. The molecule has 0 N–H and O–H groups in total. The normalized spacial score (nSPS) is 12.0. The molecule has 0 spiro atoms. The van der Waals surface area contributed by atoms with Gasteiger partial charge in [0.05, 0.1) is 0 Å². The molecule has 0 heterocycles. The molecule has 0 fully saturated rings. The molecule has 0 aliphatic carbocycles. The summed E-state index contributed by atoms with van der Waals surface area (Å²) in [5, 5.41) is 0. The predicted octanol–water partition coefficient (Wildman–Crippen LogP) is 3.24. The van der Waals surface area contributed by atoms with Gasteiger partial charge >= 0.3 is 0 Å². The summed E-state index contributed by atoms with van der Waals surface area (Å²) in [6.45, 7) is 3.52. The van der Waals surface area contributed by atoms with Gasteiger partial charge in [0, 0.05) is 0 Å². The molecule has 0 aromatic heterocycles. The second kappa shape index (κ2) is 5.18. The van der Waals surface area contributed by atoms with Crippen molar-refractivity contribution in [3.8, 4) is 0 Å². The summed E-state index contributed by atoms with van der Waals surface area (Å²) in [6.07, 6.45) is 5.43. The average molecular weight is 186 g/mol. The molecule has 0 saturated carbocycles. The molecule has 1 rings (SSSR count). The summed E-state index contributed by atoms with van der Waals surface area (Å²) in [5.74, 6) is 0.0697. The molecular weight excluding hydrogens is 172 g/mol. The molecule has 0 aliphatic rings. The van der Waals surface area contributed by atoms with Crippen LogP contribution in [0.1, 0.15) is 19.4 Å². The van der Waals surface area contributed by atoms with Crippen molar-refractivity contribution in [3.05, 3.63) is 54.1 Å². The summed E-state index contributed by atoms with van der Waals surface area (Å²) in [7, 11) is 0. The third-order valence-corrected chi connectivity index (χ3v) is 1.92. The number of benzene rings is 1. The van der Waals surface area contributed by atoms with Gasteiger partial charge in [-0.3, -0.25) is 4.79 Å². The molecule has 1 nitrogen and oxygen atoms in total. The first-order valence-electron chi connectivity index (χ1n) is 4.64. The Balaban J connectivity index is 2.90. The van der Waals surface area contributed by atoms with Crippen LogP contribution in [0.3, 0.4) is 0 Å². The number of hydrogen-bond donors (Lipinski definition) is 0. The standard InChI is InChI=1S/C13H14O/c1-3-12(10-9-11(2)14)13-7-5-4-6-8-13/h3-10H,1-2H3. The first-order valence-corrected chi connectivity index (χ1v) is 4.64. The minimum Gasteiger partial charge on any atom is -0.295 e. The maximum Gasteiger partial charge on any atom is 0.152 e. The number of rotatable bonds is 3. The van der Waals surface area contributed by atoms with E-state index in [-0.39, 0.29) is 5.78 Å². The van der Waals surface area contributed by atoms with Gasteiger partial charge in [0.15, 0.2) is 5.78 Å². The summed E-state index contributed by atoms with van der Waals surface area (Å²) in [5.41, 5.74) is 2.20. The molecule has 0 bridgehead atoms. The van der Waals surface area contributed by atoms with Crippen molar-refractivity contribution in [2.24, 2.45) is 0 Å². The third-order valence-electron chi connectivity index (χ3n) is 1.92. The zero-order valence-electron chi connectivity index (χ0n) is 8.53. The highest BCUT2D eigenvalue weighted by Gasteiger charge is 1.94. The summed E-state index contributed by atoms with van der Waals surface area (Å²) in [4.78, 5) is 10.8. The molecule has 0 radical (unpaired) electrons. The zero-order valence-corrected chi connectivity index (χ0v) is 8.53. The van der Waals surface area contributed by atoms with Crippen molar-refractivity contribution in [2.45, 2.75) is 13.8 Å². The van der Waals surface area contributed by atoms with Gasteiger partial charge in [-0.1, -0.05) is 42.5 Å². The Kier molecular flexibility index (Phi) is 3.86. The highest BCUT2D eigenvalue weighted by Crippen LogP contribution is 2.14. The lowest BCUT2D eigenvalue weighted by Gasteiger charge is -2.00. The first-order chi connectivity index (χ1) is 6.74. The fraction of sp³-hybridized carbons (Fsp3) is 0.154. The van der Waals surface area contributed by atoms with Crippen LogP contribution in [0.2, 0.25) is 0 Å². The van der Waals surface area contributed by atoms with Crippen molar-refractivity contribution < 1.29 is 4.79 Å². The van der Waals surface area contributed by atoms with E-state index >= 15 is 0 Å². The SMILES string of the molecule is CC=C(C=CC(C)=O)c1ccccc1. The molecule has 72 valence electrons. The monoisotopic (exact) mass is 186 g/mol. The fourth-order valence-corrected chi connectivity index (χ4v) is 1.20. The van der Waals surface area contributed by atoms with E-state index in [1.165, 1.54) is 0 Å². The average Bonchev–Trinajstić information content (AvgIpc) is 2.20. The van der Waals surface area contributed by atoms with Crippen molar-refractivity contribution in [2.75, 3.05) is 0 Å². The van der Waals surface area contributed by atoms with Gasteiger partial charge in [0.1, 0.15) is 0 Å². The second-order valence-corrected chi connectivity index (χ2v) is 3.05. The van der Waals surface area contributed by atoms with E-state index in [9.17, 15) is 4.79 Å². The van der Waals surface area contributed by atoms with Crippen LogP contribution in [-0.2, 0) is 4.79 Å². The van der Waals surface area contributed by atoms with E-state index in [2.05, 4.69) is 0 Å². The van der Waals surface area contributed by atoms with Gasteiger partial charge in [-0.2, -0.15) is 0 Å². The maximum absolute atomic E-state index is 10.8. The van der Waals surface area contributed by atoms with Crippen LogP contribution in [0.15, 0.2) is 48.6 Å². The second-order valence-electron chi connectivity index (χ2n) is 3.05. The van der Waals surface area contributed by atoms with Crippen LogP contribution in [0.25, 0.3) is 5.57 Å². The number of carbonyl (C=O) groups is 1. The number of carbonyl (C=O) groups excluding carboxylic acids is 1. The van der Waals surface area contributed by atoms with Crippen molar-refractivity contribution >= 4 is 11.4 Å². The van der Waals surface area contributed by atoms with E-state index in [4.69, 9.17) is 0 Å². The van der Waals surface area contributed by atoms with Gasteiger partial charge in [-0.25, -0.2) is 0 Å². The molecular formula is C13H14O. The van der Waals surface area contributed by atoms with Crippen LogP contribution < -0.4 is 0 Å². The lowest BCUT2D eigenvalue weighted by atomic mass is 10.1. The molecule has 0 amide bonds. The zero-order chi connectivity index (χ0) is 10.4. The maximum atomic E-state index is 10.8. The third kappa shape index (κ3) is 3.02. The summed E-state index contributed by atoms with van der Waals surface area (Å²) in [6, 6.07) is 10.0. The van der Waals surface area contributed by atoms with Gasteiger partial charge < -0.3 is 0 Å². The van der Waals surface area contributed by atoms with E-state index < -0.39 is 0 Å². The predicted molar refractivity (Wildman–Crippen MR) is 59.9 cm³/mol. The Morgan fingerprint density at radius 2 is 1.79 bits per heavy atom. The van der Waals surface area contributed by atoms with Crippen LogP contribution in [-0.4, -0.2) is 5.78 Å². The summed E-state index contributed by atoms with van der Waals surface area (Å²) >= 11 is 0. The molecule has 0 unspecified atom stereocenters. The Morgan fingerprint density at radius 1 is 1.14 bits per heavy atom. The highest BCUT2D eigenvalue weighted by atomic mass is 16.1. The first kappa shape index (κ1) is 10.5. The summed E-state index contributed by atoms with van der Waals surface area (Å²) < 4.78 is 0. The van der Waals surface area contributed by atoms with Crippen LogP contribution in [0.4, 0.5) is 0 Å². The van der Waals surface area contributed by atoms with Crippen molar-refractivity contribution in [1.29, 1.82) is 0 Å². The highest BCUT2D eigenvalue weighted by molar-refractivity contribution is 5.90. The van der Waals surface area contributed by atoms with Gasteiger partial charge in [-0.05, 0) is 31.1 Å². The van der Waals surface area contributed by atoms with Crippen LogP contribution in [0.5, 0.6) is 0 Å². The Labute approximate surface area is 84.8 Å². The lowest BCUT2D eigenvalue weighted by molar-refractivity contribution is -0.112. The minimum absolute atomic E-state index is 0.0697. The largest absolute Gasteiger partial charge is 0.295 e. The minimum atomic E-state index is 0.0697. The molecule has 14 heavy (non-hydrogen) atoms. The smallest absolute Gasteiger partial charge is 0.152 e. The van der Waals surface area contributed by atoms with E-state index in [1.54, 1.807) is 13.0 Å². The fourth-order valence-electron chi connectivity index (χ4n) is 1.20. The molecule has 0 aliphatic heterocycles. The number of ketones is 1. The molecule has 1 heteroatoms. The van der Waals surface area contributed by atoms with Crippen molar-refractivity contribution in [1.82, 2.24) is 0 Å². The Bertz CT molecular complexity index is 358. The topological polar surface area (TPSA) is 17.1 Å². The van der Waals surface area contributed by atoms with Gasteiger partial charge in [0.2, 0.25) is 0 Å². The molecule has 0 atom stereocenters. The Morgan fingerprint density at radius 3 is 2.29 bits per heavy atom. The quantitative estimate of drug-likeness (QED) is 0.523. The van der Waals surface area contributed by atoms with E-state index in [1.807, 2.05) is 49.4 Å². The molecule has 1 aromatic rings. The number of hydrogen-bond acceptors (Lipinski definition) is 1. The Hall–Kier alpha value is -1.63. The van der Waals surface area contributed by atoms with Gasteiger partial charge in [-0.15, -0.1) is 0 Å². The molecule has 0 saturated heterocycles. The van der Waals surface area contributed by atoms with Crippen molar-refractivity contribution in [3.63, 3.8) is 0 Å². The van der Waals surface area contributed by atoms with Gasteiger partial charge in [0.25, 0.3) is 0 Å².